The molecule has 2 heterocycles. The Labute approximate surface area is 110 Å². The monoisotopic (exact) mass is 257 g/mol. The lowest BCUT2D eigenvalue weighted by atomic mass is 10.1. The summed E-state index contributed by atoms with van der Waals surface area (Å²) in [5.41, 5.74) is 2.59. The van der Waals surface area contributed by atoms with E-state index in [1.54, 1.807) is 11.3 Å². The van der Waals surface area contributed by atoms with Crippen LogP contribution in [0.3, 0.4) is 0 Å². The minimum Gasteiger partial charge on any atom is -0.341 e. The molecule has 0 radical (unpaired) electrons. The number of benzene rings is 1. The van der Waals surface area contributed by atoms with E-state index in [-0.39, 0.29) is 0 Å². The second kappa shape index (κ2) is 4.92. The SMILES string of the molecule is CNCc1ccc2ccn(Cc3nccs3)c2c1. The van der Waals surface area contributed by atoms with E-state index in [9.17, 15) is 0 Å². The lowest BCUT2D eigenvalue weighted by molar-refractivity contribution is 0.810. The van der Waals surface area contributed by atoms with E-state index < -0.39 is 0 Å². The van der Waals surface area contributed by atoms with Crippen LogP contribution in [0.2, 0.25) is 0 Å². The Morgan fingerprint density at radius 2 is 2.28 bits per heavy atom. The fourth-order valence-electron chi connectivity index (χ4n) is 2.16. The average Bonchev–Trinajstić information content (AvgIpc) is 3.01. The lowest BCUT2D eigenvalue weighted by Crippen LogP contribution is -2.05. The highest BCUT2D eigenvalue weighted by Gasteiger charge is 2.04. The van der Waals surface area contributed by atoms with Gasteiger partial charge in [0.05, 0.1) is 6.54 Å². The standard InChI is InChI=1S/C14H15N3S/c1-15-9-11-2-3-12-4-6-17(13(12)8-11)10-14-16-5-7-18-14/h2-8,15H,9-10H2,1H3. The molecule has 18 heavy (non-hydrogen) atoms. The highest BCUT2D eigenvalue weighted by Crippen LogP contribution is 2.19. The average molecular weight is 257 g/mol. The van der Waals surface area contributed by atoms with E-state index in [0.29, 0.717) is 0 Å². The number of aromatic nitrogens is 2. The number of nitrogens with one attached hydrogen (secondary N) is 1. The molecule has 0 saturated heterocycles. The smallest absolute Gasteiger partial charge is 0.112 e. The van der Waals surface area contributed by atoms with Crippen LogP contribution in [0.5, 0.6) is 0 Å². The molecule has 1 N–H and O–H groups in total. The van der Waals surface area contributed by atoms with Gasteiger partial charge in [-0.2, -0.15) is 0 Å². The molecule has 2 aromatic heterocycles. The van der Waals surface area contributed by atoms with Crippen molar-refractivity contribution < 1.29 is 0 Å². The third-order valence-electron chi connectivity index (χ3n) is 3.01. The van der Waals surface area contributed by atoms with Crippen LogP contribution < -0.4 is 5.32 Å². The molecule has 0 aliphatic heterocycles. The van der Waals surface area contributed by atoms with Crippen molar-refractivity contribution in [3.63, 3.8) is 0 Å². The summed E-state index contributed by atoms with van der Waals surface area (Å²) in [5, 5.41) is 7.64. The third-order valence-corrected chi connectivity index (χ3v) is 3.77. The quantitative estimate of drug-likeness (QED) is 0.779. The highest BCUT2D eigenvalue weighted by atomic mass is 32.1. The summed E-state index contributed by atoms with van der Waals surface area (Å²) < 4.78 is 2.26. The maximum absolute atomic E-state index is 4.34. The molecule has 0 unspecified atom stereocenters. The molecular weight excluding hydrogens is 242 g/mol. The second-order valence-corrected chi connectivity index (χ2v) is 5.27. The molecule has 0 aliphatic carbocycles. The van der Waals surface area contributed by atoms with E-state index in [4.69, 9.17) is 0 Å². The Bertz CT molecular complexity index is 640. The normalized spacial score (nSPS) is 11.2. The Kier molecular flexibility index (Phi) is 3.13. The second-order valence-electron chi connectivity index (χ2n) is 4.29. The van der Waals surface area contributed by atoms with E-state index in [1.807, 2.05) is 18.6 Å². The molecule has 1 aromatic carbocycles. The van der Waals surface area contributed by atoms with Crippen molar-refractivity contribution in [3.05, 3.63) is 52.6 Å². The summed E-state index contributed by atoms with van der Waals surface area (Å²) >= 11 is 1.70. The van der Waals surface area contributed by atoms with Gasteiger partial charge in [-0.3, -0.25) is 0 Å². The van der Waals surface area contributed by atoms with Gasteiger partial charge in [-0.05, 0) is 30.1 Å². The van der Waals surface area contributed by atoms with Crippen molar-refractivity contribution in [3.8, 4) is 0 Å². The van der Waals surface area contributed by atoms with Crippen LogP contribution in [0.25, 0.3) is 10.9 Å². The Balaban J connectivity index is 1.98. The van der Waals surface area contributed by atoms with Gasteiger partial charge in [0.2, 0.25) is 0 Å². The van der Waals surface area contributed by atoms with E-state index >= 15 is 0 Å². The summed E-state index contributed by atoms with van der Waals surface area (Å²) in [6.07, 6.45) is 3.99. The molecule has 0 aliphatic rings. The number of fused-ring (bicyclic) bond motifs is 1. The predicted molar refractivity (Wildman–Crippen MR) is 75.9 cm³/mol. The van der Waals surface area contributed by atoms with Gasteiger partial charge < -0.3 is 9.88 Å². The van der Waals surface area contributed by atoms with Crippen molar-refractivity contribution >= 4 is 22.2 Å². The summed E-state index contributed by atoms with van der Waals surface area (Å²) in [6, 6.07) is 8.76. The summed E-state index contributed by atoms with van der Waals surface area (Å²) in [4.78, 5) is 4.34. The molecule has 0 amide bonds. The first kappa shape index (κ1) is 11.4. The number of hydrogen-bond acceptors (Lipinski definition) is 3. The Morgan fingerprint density at radius 3 is 3.06 bits per heavy atom. The predicted octanol–water partition coefficient (Wildman–Crippen LogP) is 2.87. The van der Waals surface area contributed by atoms with E-state index in [1.165, 1.54) is 16.5 Å². The Morgan fingerprint density at radius 1 is 1.33 bits per heavy atom. The number of rotatable bonds is 4. The molecule has 3 aromatic rings. The van der Waals surface area contributed by atoms with Crippen LogP contribution in [0.15, 0.2) is 42.0 Å². The van der Waals surface area contributed by atoms with Gasteiger partial charge in [-0.25, -0.2) is 4.98 Å². The number of nitrogens with zero attached hydrogens (tertiary/aromatic N) is 2. The zero-order chi connectivity index (χ0) is 12.4. The molecule has 3 nitrogen and oxygen atoms in total. The van der Waals surface area contributed by atoms with Gasteiger partial charge in [-0.1, -0.05) is 12.1 Å². The zero-order valence-electron chi connectivity index (χ0n) is 10.3. The summed E-state index contributed by atoms with van der Waals surface area (Å²) in [7, 11) is 1.97. The van der Waals surface area contributed by atoms with Crippen molar-refractivity contribution in [1.82, 2.24) is 14.9 Å². The molecule has 0 saturated carbocycles. The third kappa shape index (κ3) is 2.17. The fraction of sp³-hybridized carbons (Fsp3) is 0.214. The van der Waals surface area contributed by atoms with Gasteiger partial charge in [0.1, 0.15) is 5.01 Å². The van der Waals surface area contributed by atoms with Crippen LogP contribution in [0.4, 0.5) is 0 Å². The van der Waals surface area contributed by atoms with Crippen molar-refractivity contribution in [2.45, 2.75) is 13.1 Å². The first-order valence-electron chi connectivity index (χ1n) is 5.97. The van der Waals surface area contributed by atoms with Crippen LogP contribution in [0.1, 0.15) is 10.6 Å². The topological polar surface area (TPSA) is 29.9 Å². The molecule has 0 bridgehead atoms. The first-order valence-corrected chi connectivity index (χ1v) is 6.85. The maximum Gasteiger partial charge on any atom is 0.112 e. The summed E-state index contributed by atoms with van der Waals surface area (Å²) in [6.45, 7) is 1.75. The Hall–Kier alpha value is -1.65. The van der Waals surface area contributed by atoms with E-state index in [2.05, 4.69) is 45.3 Å². The maximum atomic E-state index is 4.34. The van der Waals surface area contributed by atoms with Gasteiger partial charge in [0, 0.05) is 29.8 Å². The van der Waals surface area contributed by atoms with Gasteiger partial charge in [-0.15, -0.1) is 11.3 Å². The van der Waals surface area contributed by atoms with E-state index in [0.717, 1.165) is 18.1 Å². The fourth-order valence-corrected chi connectivity index (χ4v) is 2.77. The van der Waals surface area contributed by atoms with Crippen molar-refractivity contribution in [2.75, 3.05) is 7.05 Å². The number of thiazole rings is 1. The van der Waals surface area contributed by atoms with Gasteiger partial charge >= 0.3 is 0 Å². The zero-order valence-corrected chi connectivity index (χ0v) is 11.1. The van der Waals surface area contributed by atoms with Gasteiger partial charge in [0.25, 0.3) is 0 Å². The lowest BCUT2D eigenvalue weighted by Gasteiger charge is -2.05. The van der Waals surface area contributed by atoms with Crippen molar-refractivity contribution in [1.29, 1.82) is 0 Å². The molecule has 0 fully saturated rings. The van der Waals surface area contributed by atoms with Crippen LogP contribution >= 0.6 is 11.3 Å². The van der Waals surface area contributed by atoms with Crippen LogP contribution in [0, 0.1) is 0 Å². The highest BCUT2D eigenvalue weighted by molar-refractivity contribution is 7.09. The summed E-state index contributed by atoms with van der Waals surface area (Å²) in [5.74, 6) is 0. The first-order chi connectivity index (χ1) is 8.86. The molecule has 0 atom stereocenters. The molecule has 92 valence electrons. The minimum atomic E-state index is 0.851. The molecule has 0 spiro atoms. The molecule has 3 rings (SSSR count). The molecular formula is C14H15N3S. The number of hydrogen-bond donors (Lipinski definition) is 1. The minimum absolute atomic E-state index is 0.851. The van der Waals surface area contributed by atoms with Gasteiger partial charge in [0.15, 0.2) is 0 Å². The van der Waals surface area contributed by atoms with Crippen LogP contribution in [-0.4, -0.2) is 16.6 Å². The van der Waals surface area contributed by atoms with Crippen molar-refractivity contribution in [2.24, 2.45) is 0 Å². The largest absolute Gasteiger partial charge is 0.341 e. The van der Waals surface area contributed by atoms with Crippen LogP contribution in [-0.2, 0) is 13.1 Å². The molecule has 4 heteroatoms.